The van der Waals surface area contributed by atoms with E-state index in [9.17, 15) is 9.59 Å². The summed E-state index contributed by atoms with van der Waals surface area (Å²) in [6, 6.07) is 1.83. The third kappa shape index (κ3) is 4.75. The van der Waals surface area contributed by atoms with Crippen molar-refractivity contribution in [2.75, 3.05) is 26.7 Å². The van der Waals surface area contributed by atoms with E-state index in [2.05, 4.69) is 44.7 Å². The first-order valence-corrected chi connectivity index (χ1v) is 9.96. The average Bonchev–Trinajstić information content (AvgIpc) is 3.24. The Bertz CT molecular complexity index is 646. The van der Waals surface area contributed by atoms with E-state index in [4.69, 9.17) is 0 Å². The monoisotopic (exact) mass is 379 g/mol. The molecule has 0 bridgehead atoms. The molecule has 7 nitrogen and oxygen atoms in total. The molecule has 8 heteroatoms. The zero-order valence-electron chi connectivity index (χ0n) is 16.0. The van der Waals surface area contributed by atoms with E-state index in [-0.39, 0.29) is 11.9 Å². The van der Waals surface area contributed by atoms with Crippen LogP contribution >= 0.6 is 11.3 Å². The Labute approximate surface area is 159 Å². The van der Waals surface area contributed by atoms with Crippen molar-refractivity contribution in [2.24, 2.45) is 4.99 Å². The minimum Gasteiger partial charge on any atom is -0.356 e. The number of nitrogens with one attached hydrogen (secondary N) is 3. The highest BCUT2D eigenvalue weighted by molar-refractivity contribution is 7.07. The number of nitrogens with zero attached hydrogens (tertiary/aromatic N) is 2. The largest absolute Gasteiger partial charge is 0.356 e. The number of aliphatic imine (C=N–C) groups is 1. The second kappa shape index (κ2) is 9.02. The lowest BCUT2D eigenvalue weighted by atomic mass is 9.99. The Hall–Kier alpha value is -2.09. The van der Waals surface area contributed by atoms with Crippen LogP contribution in [0.4, 0.5) is 4.79 Å². The maximum absolute atomic E-state index is 12.3. The second-order valence-electron chi connectivity index (χ2n) is 6.76. The highest BCUT2D eigenvalue weighted by atomic mass is 32.1. The minimum atomic E-state index is -0.764. The van der Waals surface area contributed by atoms with Gasteiger partial charge in [-0.05, 0) is 48.1 Å². The summed E-state index contributed by atoms with van der Waals surface area (Å²) in [5.74, 6) is 0.984. The molecule has 0 saturated carbocycles. The molecule has 0 aromatic carbocycles. The highest BCUT2D eigenvalue weighted by Crippen LogP contribution is 2.20. The lowest BCUT2D eigenvalue weighted by molar-refractivity contribution is -0.130. The van der Waals surface area contributed by atoms with Crippen molar-refractivity contribution in [2.45, 2.75) is 45.1 Å². The van der Waals surface area contributed by atoms with Gasteiger partial charge in [0, 0.05) is 26.7 Å². The van der Waals surface area contributed by atoms with E-state index in [0.29, 0.717) is 31.8 Å². The van der Waals surface area contributed by atoms with Crippen LogP contribution in [0, 0.1) is 0 Å². The molecule has 26 heavy (non-hydrogen) atoms. The summed E-state index contributed by atoms with van der Waals surface area (Å²) < 4.78 is 0. The van der Waals surface area contributed by atoms with Gasteiger partial charge >= 0.3 is 6.03 Å². The summed E-state index contributed by atoms with van der Waals surface area (Å²) >= 11 is 1.70. The fourth-order valence-corrected chi connectivity index (χ4v) is 3.56. The Morgan fingerprint density at radius 3 is 2.77 bits per heavy atom. The molecule has 1 aromatic heterocycles. The van der Waals surface area contributed by atoms with Crippen LogP contribution in [-0.4, -0.2) is 55.0 Å². The van der Waals surface area contributed by atoms with Gasteiger partial charge in [0.25, 0.3) is 5.91 Å². The lowest BCUT2D eigenvalue weighted by Crippen LogP contribution is -2.43. The van der Waals surface area contributed by atoms with Gasteiger partial charge in [-0.3, -0.25) is 14.7 Å². The highest BCUT2D eigenvalue weighted by Gasteiger charge is 2.45. The van der Waals surface area contributed by atoms with Crippen LogP contribution in [0.5, 0.6) is 0 Å². The number of imide groups is 1. The normalized spacial score (nSPS) is 21.7. The van der Waals surface area contributed by atoms with Gasteiger partial charge < -0.3 is 16.0 Å². The fourth-order valence-electron chi connectivity index (χ4n) is 2.78. The number of carbonyl (C=O) groups is 2. The summed E-state index contributed by atoms with van der Waals surface area (Å²) in [5, 5.41) is 13.5. The van der Waals surface area contributed by atoms with Crippen molar-refractivity contribution < 1.29 is 9.59 Å². The molecular formula is C18H29N5O2S. The van der Waals surface area contributed by atoms with Gasteiger partial charge in [0.05, 0.1) is 0 Å². The molecule has 2 unspecified atom stereocenters. The molecule has 1 aliphatic heterocycles. The minimum absolute atomic E-state index is 0.142. The number of urea groups is 1. The molecule has 1 aromatic rings. The number of carbonyl (C=O) groups excluding carboxylic acids is 2. The number of hydrogen-bond acceptors (Lipinski definition) is 4. The van der Waals surface area contributed by atoms with Gasteiger partial charge in [-0.25, -0.2) is 4.79 Å². The van der Waals surface area contributed by atoms with Crippen LogP contribution in [0.3, 0.4) is 0 Å². The lowest BCUT2D eigenvalue weighted by Gasteiger charge is -2.19. The summed E-state index contributed by atoms with van der Waals surface area (Å²) in [7, 11) is 1.73. The molecule has 0 aliphatic carbocycles. The molecule has 2 heterocycles. The standard InChI is InChI=1S/C18H29N5O2S/c1-5-18(3)15(24)23(17(25)22-18)9-6-8-20-16(19-4)21-11-13(2)14-7-10-26-12-14/h7,10,12-13H,5-6,8-9,11H2,1-4H3,(H,22,25)(H2,19,20,21). The van der Waals surface area contributed by atoms with Crippen LogP contribution in [-0.2, 0) is 4.79 Å². The number of rotatable bonds is 8. The number of guanidine groups is 1. The molecule has 2 rings (SSSR count). The Morgan fingerprint density at radius 2 is 2.19 bits per heavy atom. The molecule has 2 atom stereocenters. The maximum Gasteiger partial charge on any atom is 0.325 e. The van der Waals surface area contributed by atoms with Gasteiger partial charge in [0.2, 0.25) is 0 Å². The summed E-state index contributed by atoms with van der Waals surface area (Å²) in [6.07, 6.45) is 1.25. The van der Waals surface area contributed by atoms with Crippen molar-refractivity contribution in [1.82, 2.24) is 20.9 Å². The first-order chi connectivity index (χ1) is 12.4. The molecule has 3 amide bonds. The van der Waals surface area contributed by atoms with Gasteiger partial charge in [-0.2, -0.15) is 11.3 Å². The first-order valence-electron chi connectivity index (χ1n) is 9.02. The predicted octanol–water partition coefficient (Wildman–Crippen LogP) is 2.13. The van der Waals surface area contributed by atoms with Crippen molar-refractivity contribution in [3.8, 4) is 0 Å². The third-order valence-electron chi connectivity index (χ3n) is 4.81. The number of amides is 3. The van der Waals surface area contributed by atoms with E-state index in [1.807, 2.05) is 6.92 Å². The SMILES string of the molecule is CCC1(C)NC(=O)N(CCCNC(=NC)NCC(C)c2ccsc2)C1=O. The smallest absolute Gasteiger partial charge is 0.325 e. The van der Waals surface area contributed by atoms with E-state index in [1.54, 1.807) is 25.3 Å². The zero-order valence-corrected chi connectivity index (χ0v) is 16.8. The van der Waals surface area contributed by atoms with E-state index in [1.165, 1.54) is 10.5 Å². The van der Waals surface area contributed by atoms with Crippen LogP contribution < -0.4 is 16.0 Å². The number of thiophene rings is 1. The molecule has 1 saturated heterocycles. The van der Waals surface area contributed by atoms with Crippen molar-refractivity contribution in [3.05, 3.63) is 22.4 Å². The van der Waals surface area contributed by atoms with Gasteiger partial charge in [0.1, 0.15) is 5.54 Å². The number of hydrogen-bond donors (Lipinski definition) is 3. The van der Waals surface area contributed by atoms with Crippen LogP contribution in [0.2, 0.25) is 0 Å². The molecule has 0 radical (unpaired) electrons. The molecule has 0 spiro atoms. The van der Waals surface area contributed by atoms with Crippen LogP contribution in [0.25, 0.3) is 0 Å². The topological polar surface area (TPSA) is 85.8 Å². The first kappa shape index (κ1) is 20.2. The third-order valence-corrected chi connectivity index (χ3v) is 5.52. The van der Waals surface area contributed by atoms with Crippen molar-refractivity contribution >= 4 is 29.2 Å². The van der Waals surface area contributed by atoms with Gasteiger partial charge in [-0.15, -0.1) is 0 Å². The van der Waals surface area contributed by atoms with Crippen molar-refractivity contribution in [1.29, 1.82) is 0 Å². The Balaban J connectivity index is 1.71. The zero-order chi connectivity index (χ0) is 19.2. The van der Waals surface area contributed by atoms with Gasteiger partial charge in [-0.1, -0.05) is 13.8 Å². The van der Waals surface area contributed by atoms with Crippen LogP contribution in [0.1, 0.15) is 45.1 Å². The van der Waals surface area contributed by atoms with E-state index in [0.717, 1.165) is 12.5 Å². The Kier molecular flexibility index (Phi) is 7.02. The van der Waals surface area contributed by atoms with E-state index >= 15 is 0 Å². The van der Waals surface area contributed by atoms with Gasteiger partial charge in [0.15, 0.2) is 5.96 Å². The summed E-state index contributed by atoms with van der Waals surface area (Å²) in [6.45, 7) is 7.66. The summed E-state index contributed by atoms with van der Waals surface area (Å²) in [4.78, 5) is 29.8. The summed E-state index contributed by atoms with van der Waals surface area (Å²) in [5.41, 5.74) is 0.551. The molecule has 144 valence electrons. The molecule has 1 aliphatic rings. The van der Waals surface area contributed by atoms with Crippen molar-refractivity contribution in [3.63, 3.8) is 0 Å². The molecular weight excluding hydrogens is 350 g/mol. The van der Waals surface area contributed by atoms with E-state index < -0.39 is 5.54 Å². The molecule has 1 fully saturated rings. The molecule has 3 N–H and O–H groups in total. The average molecular weight is 380 g/mol. The quantitative estimate of drug-likeness (QED) is 0.280. The van der Waals surface area contributed by atoms with Crippen LogP contribution in [0.15, 0.2) is 21.8 Å². The maximum atomic E-state index is 12.3. The Morgan fingerprint density at radius 1 is 1.42 bits per heavy atom. The fraction of sp³-hybridized carbons (Fsp3) is 0.611. The predicted molar refractivity (Wildman–Crippen MR) is 106 cm³/mol. The second-order valence-corrected chi connectivity index (χ2v) is 7.54.